The first kappa shape index (κ1) is 12.0. The number of likely N-dealkylation sites (tertiary alicyclic amines) is 1. The molecule has 4 unspecified atom stereocenters. The molecule has 0 amide bonds. The molecule has 3 rings (SSSR count). The number of rotatable bonds is 1. The molecular weight excluding hydrogens is 208 g/mol. The van der Waals surface area contributed by atoms with Gasteiger partial charge in [-0.15, -0.1) is 0 Å². The van der Waals surface area contributed by atoms with Crippen LogP contribution in [0.25, 0.3) is 0 Å². The summed E-state index contributed by atoms with van der Waals surface area (Å²) in [6.07, 6.45) is 5.70. The van der Waals surface area contributed by atoms with E-state index >= 15 is 0 Å². The lowest BCUT2D eigenvalue weighted by atomic mass is 9.68. The summed E-state index contributed by atoms with van der Waals surface area (Å²) in [6.45, 7) is 7.64. The summed E-state index contributed by atoms with van der Waals surface area (Å²) < 4.78 is 0. The lowest BCUT2D eigenvalue weighted by molar-refractivity contribution is 0.0437. The largest absolute Gasteiger partial charge is 0.311 e. The quantitative estimate of drug-likeness (QED) is 0.752. The number of nitrogens with one attached hydrogen (secondary N) is 1. The van der Waals surface area contributed by atoms with Crippen LogP contribution in [0.4, 0.5) is 0 Å². The van der Waals surface area contributed by atoms with Gasteiger partial charge in [0.05, 0.1) is 0 Å². The Balaban J connectivity index is 1.76. The van der Waals surface area contributed by atoms with Gasteiger partial charge in [-0.3, -0.25) is 0 Å². The van der Waals surface area contributed by atoms with Crippen molar-refractivity contribution in [2.24, 2.45) is 23.7 Å². The topological polar surface area (TPSA) is 15.3 Å². The first-order valence-corrected chi connectivity index (χ1v) is 7.59. The molecule has 3 fully saturated rings. The van der Waals surface area contributed by atoms with E-state index in [0.717, 1.165) is 35.8 Å². The zero-order valence-corrected chi connectivity index (χ0v) is 11.7. The predicted octanol–water partition coefficient (Wildman–Crippen LogP) is 2.35. The summed E-state index contributed by atoms with van der Waals surface area (Å²) >= 11 is 0. The molecule has 17 heavy (non-hydrogen) atoms. The van der Waals surface area contributed by atoms with E-state index in [1.165, 1.54) is 38.8 Å². The van der Waals surface area contributed by atoms with Crippen LogP contribution < -0.4 is 5.32 Å². The van der Waals surface area contributed by atoms with Crippen molar-refractivity contribution in [3.05, 3.63) is 0 Å². The van der Waals surface area contributed by atoms with Crippen LogP contribution in [0.1, 0.15) is 39.5 Å². The highest BCUT2D eigenvalue weighted by molar-refractivity contribution is 5.00. The van der Waals surface area contributed by atoms with Crippen molar-refractivity contribution >= 4 is 0 Å². The highest BCUT2D eigenvalue weighted by Gasteiger charge is 2.45. The molecule has 2 bridgehead atoms. The third-order valence-corrected chi connectivity index (χ3v) is 5.77. The molecule has 0 aliphatic carbocycles. The maximum absolute atomic E-state index is 3.88. The monoisotopic (exact) mass is 236 g/mol. The minimum Gasteiger partial charge on any atom is -0.311 e. The average molecular weight is 236 g/mol. The third kappa shape index (κ3) is 2.15. The summed E-state index contributed by atoms with van der Waals surface area (Å²) in [5.74, 6) is 3.73. The van der Waals surface area contributed by atoms with Crippen LogP contribution in [0.5, 0.6) is 0 Å². The van der Waals surface area contributed by atoms with Crippen LogP contribution in [-0.4, -0.2) is 37.1 Å². The third-order valence-electron chi connectivity index (χ3n) is 5.77. The Morgan fingerprint density at radius 1 is 1.06 bits per heavy atom. The summed E-state index contributed by atoms with van der Waals surface area (Å²) in [5, 5.41) is 3.88. The fourth-order valence-corrected chi connectivity index (χ4v) is 4.83. The standard InChI is InChI=1S/C15H28N2/c1-10-6-7-17(3)9-13(10)15-11(2)8-12-4-5-14(15)16-12/h10-16H,4-9H2,1-3H3/t10-,11+,12?,13?,14?,15?/m1/s1. The molecule has 0 aromatic carbocycles. The van der Waals surface area contributed by atoms with Gasteiger partial charge in [0, 0.05) is 18.6 Å². The second-order valence-electron chi connectivity index (χ2n) is 7.03. The smallest absolute Gasteiger partial charge is 0.0104 e. The van der Waals surface area contributed by atoms with E-state index in [0.29, 0.717) is 0 Å². The first-order chi connectivity index (χ1) is 8.15. The van der Waals surface area contributed by atoms with E-state index in [-0.39, 0.29) is 0 Å². The highest BCUT2D eigenvalue weighted by atomic mass is 15.1. The number of piperidine rings is 2. The number of hydrogen-bond acceptors (Lipinski definition) is 2. The highest BCUT2D eigenvalue weighted by Crippen LogP contribution is 2.43. The van der Waals surface area contributed by atoms with Crippen molar-refractivity contribution < 1.29 is 0 Å². The van der Waals surface area contributed by atoms with Gasteiger partial charge in [0.15, 0.2) is 0 Å². The van der Waals surface area contributed by atoms with E-state index in [4.69, 9.17) is 0 Å². The zero-order chi connectivity index (χ0) is 12.0. The minimum atomic E-state index is 0.836. The molecule has 3 aliphatic rings. The molecule has 0 spiro atoms. The van der Waals surface area contributed by atoms with Gasteiger partial charge >= 0.3 is 0 Å². The Labute approximate surface area is 106 Å². The summed E-state index contributed by atoms with van der Waals surface area (Å²) in [5.41, 5.74) is 0. The molecule has 3 saturated heterocycles. The van der Waals surface area contributed by atoms with Crippen LogP contribution in [0.15, 0.2) is 0 Å². The van der Waals surface area contributed by atoms with Gasteiger partial charge in [0.2, 0.25) is 0 Å². The average Bonchev–Trinajstić information content (AvgIpc) is 2.66. The molecule has 0 aromatic heterocycles. The van der Waals surface area contributed by atoms with Crippen LogP contribution in [0, 0.1) is 23.7 Å². The first-order valence-electron chi connectivity index (χ1n) is 7.59. The van der Waals surface area contributed by atoms with Gasteiger partial charge in [-0.2, -0.15) is 0 Å². The van der Waals surface area contributed by atoms with E-state index in [9.17, 15) is 0 Å². The molecule has 0 radical (unpaired) electrons. The molecule has 3 aliphatic heterocycles. The van der Waals surface area contributed by atoms with Gasteiger partial charge in [-0.25, -0.2) is 0 Å². The lowest BCUT2D eigenvalue weighted by Crippen LogP contribution is -2.52. The number of nitrogens with zero attached hydrogens (tertiary/aromatic N) is 1. The SMILES string of the molecule is C[C@@H]1CCN(C)CC1C1C2CCC(C[C@@H]1C)N2. The van der Waals surface area contributed by atoms with Crippen LogP contribution in [0.2, 0.25) is 0 Å². The van der Waals surface area contributed by atoms with Gasteiger partial charge in [0.25, 0.3) is 0 Å². The molecule has 2 heteroatoms. The van der Waals surface area contributed by atoms with E-state index in [1.54, 1.807) is 0 Å². The summed E-state index contributed by atoms with van der Waals surface area (Å²) in [7, 11) is 2.30. The minimum absolute atomic E-state index is 0.836. The van der Waals surface area contributed by atoms with Crippen molar-refractivity contribution in [2.75, 3.05) is 20.1 Å². The Morgan fingerprint density at radius 3 is 2.71 bits per heavy atom. The second-order valence-corrected chi connectivity index (χ2v) is 7.03. The Morgan fingerprint density at radius 2 is 1.88 bits per heavy atom. The van der Waals surface area contributed by atoms with Gasteiger partial charge in [-0.05, 0) is 62.9 Å². The van der Waals surface area contributed by atoms with Crippen LogP contribution in [-0.2, 0) is 0 Å². The predicted molar refractivity (Wildman–Crippen MR) is 72.0 cm³/mol. The Bertz CT molecular complexity index is 278. The summed E-state index contributed by atoms with van der Waals surface area (Å²) in [6, 6.07) is 1.69. The van der Waals surface area contributed by atoms with Crippen molar-refractivity contribution in [3.8, 4) is 0 Å². The van der Waals surface area contributed by atoms with E-state index in [1.807, 2.05) is 0 Å². The Hall–Kier alpha value is -0.0800. The van der Waals surface area contributed by atoms with Crippen LogP contribution >= 0.6 is 0 Å². The van der Waals surface area contributed by atoms with E-state index in [2.05, 4.69) is 31.1 Å². The fraction of sp³-hybridized carbons (Fsp3) is 1.00. The van der Waals surface area contributed by atoms with Crippen LogP contribution in [0.3, 0.4) is 0 Å². The molecule has 0 saturated carbocycles. The molecule has 3 heterocycles. The van der Waals surface area contributed by atoms with Gasteiger partial charge in [-0.1, -0.05) is 13.8 Å². The maximum Gasteiger partial charge on any atom is 0.0104 e. The fourth-order valence-electron chi connectivity index (χ4n) is 4.83. The number of hydrogen-bond donors (Lipinski definition) is 1. The molecule has 2 nitrogen and oxygen atoms in total. The van der Waals surface area contributed by atoms with Crippen molar-refractivity contribution in [1.29, 1.82) is 0 Å². The number of fused-ring (bicyclic) bond motifs is 2. The molecular formula is C15H28N2. The normalized spacial score (nSPS) is 51.7. The molecule has 0 aromatic rings. The molecule has 1 N–H and O–H groups in total. The van der Waals surface area contributed by atoms with Gasteiger partial charge < -0.3 is 10.2 Å². The van der Waals surface area contributed by atoms with Gasteiger partial charge in [0.1, 0.15) is 0 Å². The summed E-state index contributed by atoms with van der Waals surface area (Å²) in [4.78, 5) is 2.55. The van der Waals surface area contributed by atoms with E-state index < -0.39 is 0 Å². The maximum atomic E-state index is 3.88. The zero-order valence-electron chi connectivity index (χ0n) is 11.7. The lowest BCUT2D eigenvalue weighted by Gasteiger charge is -2.46. The van der Waals surface area contributed by atoms with Crippen molar-refractivity contribution in [2.45, 2.75) is 51.6 Å². The Kier molecular flexibility index (Phi) is 3.20. The second kappa shape index (κ2) is 4.55. The molecule has 98 valence electrons. The van der Waals surface area contributed by atoms with Crippen molar-refractivity contribution in [1.82, 2.24) is 10.2 Å². The molecule has 6 atom stereocenters. The van der Waals surface area contributed by atoms with Crippen molar-refractivity contribution in [3.63, 3.8) is 0 Å².